The molecule has 1 aromatic carbocycles. The van der Waals surface area contributed by atoms with Gasteiger partial charge in [0.2, 0.25) is 0 Å². The van der Waals surface area contributed by atoms with Gasteiger partial charge in [0.25, 0.3) is 0 Å². The first kappa shape index (κ1) is 10.3. The molecule has 0 fully saturated rings. The van der Waals surface area contributed by atoms with E-state index in [4.69, 9.17) is 0 Å². The minimum Gasteiger partial charge on any atom is -0.300 e. The lowest BCUT2D eigenvalue weighted by atomic mass is 10.2. The predicted molar refractivity (Wildman–Crippen MR) is 60.0 cm³/mol. The molecule has 13 heavy (non-hydrogen) atoms. The van der Waals surface area contributed by atoms with Gasteiger partial charge in [-0.3, -0.25) is 0 Å². The Hall–Kier alpha value is -0.830. The molecule has 0 N–H and O–H groups in total. The standard InChI is InChI=1S/C10H13BrN2/c1-3-13(2)12-8-9-4-6-10(11)7-5-9/h4-8H,3H2,1-2H3/b12-8+. The minimum absolute atomic E-state index is 0.924. The molecule has 0 spiro atoms. The summed E-state index contributed by atoms with van der Waals surface area (Å²) in [5.74, 6) is 0. The minimum atomic E-state index is 0.924. The van der Waals surface area contributed by atoms with Crippen molar-refractivity contribution in [2.45, 2.75) is 6.92 Å². The third-order valence-corrected chi connectivity index (χ3v) is 2.26. The molecular weight excluding hydrogens is 228 g/mol. The Labute approximate surface area is 87.4 Å². The Morgan fingerprint density at radius 2 is 2.00 bits per heavy atom. The smallest absolute Gasteiger partial charge is 0.0542 e. The number of nitrogens with zero attached hydrogens (tertiary/aromatic N) is 2. The largest absolute Gasteiger partial charge is 0.300 e. The third kappa shape index (κ3) is 3.59. The van der Waals surface area contributed by atoms with Gasteiger partial charge in [0.15, 0.2) is 0 Å². The number of hydrogen-bond acceptors (Lipinski definition) is 2. The number of hydrazone groups is 1. The van der Waals surface area contributed by atoms with Crippen LogP contribution in [0.4, 0.5) is 0 Å². The maximum Gasteiger partial charge on any atom is 0.0542 e. The van der Waals surface area contributed by atoms with Crippen molar-refractivity contribution in [3.8, 4) is 0 Å². The second kappa shape index (κ2) is 5.02. The van der Waals surface area contributed by atoms with Crippen molar-refractivity contribution < 1.29 is 0 Å². The van der Waals surface area contributed by atoms with Crippen LogP contribution in [-0.2, 0) is 0 Å². The highest BCUT2D eigenvalue weighted by Gasteiger charge is 1.88. The average Bonchev–Trinajstić information content (AvgIpc) is 2.16. The number of hydrogen-bond donors (Lipinski definition) is 0. The maximum absolute atomic E-state index is 4.24. The Balaban J connectivity index is 2.64. The first-order valence-electron chi connectivity index (χ1n) is 4.23. The zero-order chi connectivity index (χ0) is 9.68. The molecule has 70 valence electrons. The summed E-state index contributed by atoms with van der Waals surface area (Å²) in [6.07, 6.45) is 1.86. The Kier molecular flexibility index (Phi) is 3.96. The van der Waals surface area contributed by atoms with Crippen LogP contribution in [0.1, 0.15) is 12.5 Å². The number of benzene rings is 1. The summed E-state index contributed by atoms with van der Waals surface area (Å²) in [6, 6.07) is 8.06. The lowest BCUT2D eigenvalue weighted by Crippen LogP contribution is -2.09. The predicted octanol–water partition coefficient (Wildman–Crippen LogP) is 2.73. The van der Waals surface area contributed by atoms with Gasteiger partial charge in [0.1, 0.15) is 0 Å². The van der Waals surface area contributed by atoms with E-state index in [2.05, 4.69) is 28.0 Å². The fourth-order valence-corrected chi connectivity index (χ4v) is 1.06. The van der Waals surface area contributed by atoms with Crippen LogP contribution in [0.2, 0.25) is 0 Å². The van der Waals surface area contributed by atoms with Crippen LogP contribution in [0.15, 0.2) is 33.8 Å². The van der Waals surface area contributed by atoms with Crippen LogP contribution in [0.25, 0.3) is 0 Å². The molecule has 3 heteroatoms. The molecular formula is C10H13BrN2. The van der Waals surface area contributed by atoms with E-state index < -0.39 is 0 Å². The van der Waals surface area contributed by atoms with Crippen molar-refractivity contribution in [3.05, 3.63) is 34.3 Å². The Morgan fingerprint density at radius 1 is 1.38 bits per heavy atom. The van der Waals surface area contributed by atoms with Crippen molar-refractivity contribution in [1.29, 1.82) is 0 Å². The summed E-state index contributed by atoms with van der Waals surface area (Å²) in [4.78, 5) is 0. The number of rotatable bonds is 3. The van der Waals surface area contributed by atoms with Crippen LogP contribution >= 0.6 is 15.9 Å². The Bertz CT molecular complexity index is 279. The molecule has 0 radical (unpaired) electrons. The van der Waals surface area contributed by atoms with Crippen molar-refractivity contribution in [1.82, 2.24) is 5.01 Å². The molecule has 1 aromatic rings. The normalized spacial score (nSPS) is 10.7. The van der Waals surface area contributed by atoms with E-state index in [1.54, 1.807) is 0 Å². The highest BCUT2D eigenvalue weighted by Crippen LogP contribution is 2.09. The van der Waals surface area contributed by atoms with Gasteiger partial charge >= 0.3 is 0 Å². The van der Waals surface area contributed by atoms with Crippen molar-refractivity contribution >= 4 is 22.1 Å². The van der Waals surface area contributed by atoms with Gasteiger partial charge in [-0.25, -0.2) is 0 Å². The zero-order valence-electron chi connectivity index (χ0n) is 7.87. The molecule has 0 saturated heterocycles. The van der Waals surface area contributed by atoms with E-state index >= 15 is 0 Å². The monoisotopic (exact) mass is 240 g/mol. The zero-order valence-corrected chi connectivity index (χ0v) is 9.45. The van der Waals surface area contributed by atoms with Crippen LogP contribution < -0.4 is 0 Å². The highest BCUT2D eigenvalue weighted by atomic mass is 79.9. The molecule has 0 bridgehead atoms. The molecule has 0 aliphatic carbocycles. The third-order valence-electron chi connectivity index (χ3n) is 1.73. The summed E-state index contributed by atoms with van der Waals surface area (Å²) in [5, 5.41) is 6.13. The number of halogens is 1. The van der Waals surface area contributed by atoms with Crippen molar-refractivity contribution in [3.63, 3.8) is 0 Å². The van der Waals surface area contributed by atoms with Gasteiger partial charge in [0.05, 0.1) is 6.21 Å². The van der Waals surface area contributed by atoms with E-state index in [9.17, 15) is 0 Å². The molecule has 0 heterocycles. The van der Waals surface area contributed by atoms with E-state index in [0.717, 1.165) is 16.6 Å². The quantitative estimate of drug-likeness (QED) is 0.586. The molecule has 0 unspecified atom stereocenters. The van der Waals surface area contributed by atoms with Crippen LogP contribution in [-0.4, -0.2) is 24.8 Å². The summed E-state index contributed by atoms with van der Waals surface area (Å²) in [6.45, 7) is 2.99. The van der Waals surface area contributed by atoms with E-state index in [1.807, 2.05) is 42.5 Å². The summed E-state index contributed by atoms with van der Waals surface area (Å²) < 4.78 is 1.09. The Morgan fingerprint density at radius 3 is 2.54 bits per heavy atom. The lowest BCUT2D eigenvalue weighted by molar-refractivity contribution is 0.377. The van der Waals surface area contributed by atoms with Gasteiger partial charge in [-0.1, -0.05) is 28.1 Å². The molecule has 1 rings (SSSR count). The van der Waals surface area contributed by atoms with Crippen LogP contribution in [0.5, 0.6) is 0 Å². The SMILES string of the molecule is CCN(C)/N=C/c1ccc(Br)cc1. The lowest BCUT2D eigenvalue weighted by Gasteiger charge is -2.07. The van der Waals surface area contributed by atoms with Crippen LogP contribution in [0.3, 0.4) is 0 Å². The van der Waals surface area contributed by atoms with E-state index in [-0.39, 0.29) is 0 Å². The van der Waals surface area contributed by atoms with Gasteiger partial charge in [0, 0.05) is 18.1 Å². The summed E-state index contributed by atoms with van der Waals surface area (Å²) in [7, 11) is 1.95. The van der Waals surface area contributed by atoms with Crippen molar-refractivity contribution in [2.24, 2.45) is 5.10 Å². The van der Waals surface area contributed by atoms with Gasteiger partial charge in [-0.2, -0.15) is 5.10 Å². The molecule has 2 nitrogen and oxygen atoms in total. The second-order valence-electron chi connectivity index (χ2n) is 2.77. The topological polar surface area (TPSA) is 15.6 Å². The highest BCUT2D eigenvalue weighted by molar-refractivity contribution is 9.10. The molecule has 0 aromatic heterocycles. The van der Waals surface area contributed by atoms with E-state index in [1.165, 1.54) is 0 Å². The average molecular weight is 241 g/mol. The van der Waals surface area contributed by atoms with Gasteiger partial charge in [-0.05, 0) is 24.6 Å². The second-order valence-corrected chi connectivity index (χ2v) is 3.69. The fraction of sp³-hybridized carbons (Fsp3) is 0.300. The first-order valence-corrected chi connectivity index (χ1v) is 5.02. The maximum atomic E-state index is 4.24. The molecule has 0 saturated carbocycles. The first-order chi connectivity index (χ1) is 6.22. The molecule has 0 amide bonds. The molecule has 0 atom stereocenters. The fourth-order valence-electron chi connectivity index (χ4n) is 0.796. The van der Waals surface area contributed by atoms with Crippen LogP contribution in [0, 0.1) is 0 Å². The van der Waals surface area contributed by atoms with E-state index in [0.29, 0.717) is 0 Å². The molecule has 0 aliphatic heterocycles. The summed E-state index contributed by atoms with van der Waals surface area (Å²) >= 11 is 3.38. The van der Waals surface area contributed by atoms with Gasteiger partial charge in [-0.15, -0.1) is 0 Å². The van der Waals surface area contributed by atoms with Gasteiger partial charge < -0.3 is 5.01 Å². The summed E-state index contributed by atoms with van der Waals surface area (Å²) in [5.41, 5.74) is 1.11. The van der Waals surface area contributed by atoms with Crippen molar-refractivity contribution in [2.75, 3.05) is 13.6 Å². The molecule has 0 aliphatic rings.